The molecule has 30 heavy (non-hydrogen) atoms. The maximum Gasteiger partial charge on any atom is 0.276 e. The predicted molar refractivity (Wildman–Crippen MR) is 126 cm³/mol. The Morgan fingerprint density at radius 1 is 1.13 bits per heavy atom. The van der Waals surface area contributed by atoms with Gasteiger partial charge in [-0.05, 0) is 69.8 Å². The highest BCUT2D eigenvalue weighted by Crippen LogP contribution is 2.28. The van der Waals surface area contributed by atoms with E-state index >= 15 is 0 Å². The van der Waals surface area contributed by atoms with Crippen molar-refractivity contribution in [2.45, 2.75) is 32.6 Å². The monoisotopic (exact) mass is 511 g/mol. The molecule has 6 nitrogen and oxygen atoms in total. The third kappa shape index (κ3) is 7.93. The second-order valence-corrected chi connectivity index (χ2v) is 8.44. The van der Waals surface area contributed by atoms with E-state index in [4.69, 9.17) is 28.6 Å². The van der Waals surface area contributed by atoms with E-state index in [2.05, 4.69) is 45.9 Å². The normalized spacial score (nSPS) is 10.4. The van der Waals surface area contributed by atoms with Gasteiger partial charge in [0, 0.05) is 11.4 Å². The van der Waals surface area contributed by atoms with Crippen molar-refractivity contribution < 1.29 is 14.3 Å². The lowest BCUT2D eigenvalue weighted by Crippen LogP contribution is -2.49. The molecule has 0 radical (unpaired) electrons. The Bertz CT molecular complexity index is 924. The highest BCUT2D eigenvalue weighted by Gasteiger charge is 2.10. The van der Waals surface area contributed by atoms with Crippen molar-refractivity contribution >= 4 is 56.7 Å². The molecule has 0 aliphatic carbocycles. The Morgan fingerprint density at radius 3 is 2.53 bits per heavy atom. The lowest BCUT2D eigenvalue weighted by molar-refractivity contribution is -0.124. The third-order valence-corrected chi connectivity index (χ3v) is 5.32. The predicted octanol–water partition coefficient (Wildman–Crippen LogP) is 4.26. The number of thiocarbonyl (C=S) groups is 1. The van der Waals surface area contributed by atoms with E-state index in [1.807, 2.05) is 36.4 Å². The van der Waals surface area contributed by atoms with E-state index in [-0.39, 0.29) is 24.0 Å². The average molecular weight is 513 g/mol. The van der Waals surface area contributed by atoms with E-state index in [9.17, 15) is 9.59 Å². The summed E-state index contributed by atoms with van der Waals surface area (Å²) >= 11 is 14.5. The summed E-state index contributed by atoms with van der Waals surface area (Å²) in [6.45, 7) is 3.98. The number of carbonyl (C=O) groups excluding carboxylic acids is 2. The molecule has 2 aromatic carbocycles. The fraction of sp³-hybridized carbons (Fsp3) is 0.286. The lowest BCUT2D eigenvalue weighted by Gasteiger charge is -2.13. The maximum atomic E-state index is 12.0. The number of benzene rings is 2. The van der Waals surface area contributed by atoms with Gasteiger partial charge in [-0.1, -0.05) is 49.7 Å². The van der Waals surface area contributed by atoms with Crippen LogP contribution in [0.3, 0.4) is 0 Å². The van der Waals surface area contributed by atoms with Crippen LogP contribution in [0.15, 0.2) is 46.9 Å². The summed E-state index contributed by atoms with van der Waals surface area (Å²) in [5.41, 5.74) is 6.91. The molecule has 160 valence electrons. The van der Waals surface area contributed by atoms with Gasteiger partial charge < -0.3 is 10.1 Å². The van der Waals surface area contributed by atoms with Gasteiger partial charge in [-0.3, -0.25) is 20.4 Å². The molecule has 0 bridgehead atoms. The number of ether oxygens (including phenoxy) is 1. The smallest absolute Gasteiger partial charge is 0.276 e. The molecule has 0 atom stereocenters. The molecule has 2 rings (SSSR count). The topological polar surface area (TPSA) is 79.5 Å². The molecule has 0 aliphatic heterocycles. The highest BCUT2D eigenvalue weighted by atomic mass is 79.9. The molecule has 2 aromatic rings. The van der Waals surface area contributed by atoms with Crippen LogP contribution in [-0.2, 0) is 16.0 Å². The summed E-state index contributed by atoms with van der Waals surface area (Å²) in [5, 5.41) is 3.11. The molecule has 3 N–H and O–H groups in total. The van der Waals surface area contributed by atoms with Crippen LogP contribution in [0.2, 0.25) is 5.02 Å². The fourth-order valence-corrected chi connectivity index (χ4v) is 3.37. The van der Waals surface area contributed by atoms with Crippen molar-refractivity contribution in [2.75, 3.05) is 6.61 Å². The van der Waals surface area contributed by atoms with Crippen LogP contribution in [0.25, 0.3) is 0 Å². The first-order valence-corrected chi connectivity index (χ1v) is 10.9. The molecule has 0 saturated heterocycles. The molecule has 0 heterocycles. The number of rotatable bonds is 7. The minimum atomic E-state index is -0.442. The largest absolute Gasteiger partial charge is 0.483 e. The Balaban J connectivity index is 1.69. The number of hydrazine groups is 1. The molecule has 0 saturated carbocycles. The van der Waals surface area contributed by atoms with Gasteiger partial charge in [-0.25, -0.2) is 0 Å². The molecule has 0 spiro atoms. The van der Waals surface area contributed by atoms with Crippen LogP contribution < -0.4 is 20.9 Å². The second-order valence-electron chi connectivity index (χ2n) is 6.78. The number of aryl methyl sites for hydroxylation is 1. The van der Waals surface area contributed by atoms with E-state index in [0.717, 1.165) is 15.6 Å². The zero-order chi connectivity index (χ0) is 22.1. The fourth-order valence-electron chi connectivity index (χ4n) is 2.47. The molecule has 0 aromatic heterocycles. The number of halogens is 2. The molecule has 0 fully saturated rings. The highest BCUT2D eigenvalue weighted by molar-refractivity contribution is 9.10. The van der Waals surface area contributed by atoms with Gasteiger partial charge in [0.05, 0.1) is 4.47 Å². The third-order valence-electron chi connectivity index (χ3n) is 4.13. The first kappa shape index (κ1) is 24.1. The molecule has 2 amide bonds. The standard InChI is InChI=1S/C21H23BrClN3O3S/c1-13(2)15-7-9-18(16(22)11-15)29-12-20(28)25-26-21(30)24-19(27)10-8-14-5-3-4-6-17(14)23/h3-7,9,11,13H,8,10,12H2,1-2H3,(H,25,28)(H2,24,26,27,30). The van der Waals surface area contributed by atoms with Gasteiger partial charge in [0.2, 0.25) is 5.91 Å². The Kier molecular flexibility index (Phi) is 9.55. The minimum absolute atomic E-state index is 0.00465. The van der Waals surface area contributed by atoms with Crippen LogP contribution in [0.1, 0.15) is 37.3 Å². The van der Waals surface area contributed by atoms with Crippen LogP contribution >= 0.6 is 39.7 Å². The Labute approximate surface area is 194 Å². The first-order chi connectivity index (χ1) is 14.3. The zero-order valence-corrected chi connectivity index (χ0v) is 19.8. The summed E-state index contributed by atoms with van der Waals surface area (Å²) in [7, 11) is 0. The lowest BCUT2D eigenvalue weighted by atomic mass is 10.0. The summed E-state index contributed by atoms with van der Waals surface area (Å²) in [5.74, 6) is 0.225. The van der Waals surface area contributed by atoms with E-state index in [1.54, 1.807) is 6.07 Å². The van der Waals surface area contributed by atoms with Gasteiger partial charge in [0.25, 0.3) is 5.91 Å². The van der Waals surface area contributed by atoms with Crippen molar-refractivity contribution in [3.05, 3.63) is 63.1 Å². The molecule has 9 heteroatoms. The van der Waals surface area contributed by atoms with Gasteiger partial charge in [-0.15, -0.1) is 0 Å². The first-order valence-electron chi connectivity index (χ1n) is 9.30. The molecule has 0 aliphatic rings. The van der Waals surface area contributed by atoms with Gasteiger partial charge in [0.15, 0.2) is 11.7 Å². The maximum absolute atomic E-state index is 12.0. The summed E-state index contributed by atoms with van der Waals surface area (Å²) in [6, 6.07) is 13.1. The van der Waals surface area contributed by atoms with Crippen LogP contribution in [0.4, 0.5) is 0 Å². The van der Waals surface area contributed by atoms with Crippen molar-refractivity contribution in [3.8, 4) is 5.75 Å². The molecular weight excluding hydrogens is 490 g/mol. The number of hydrogen-bond donors (Lipinski definition) is 3. The van der Waals surface area contributed by atoms with Gasteiger partial charge in [-0.2, -0.15) is 0 Å². The SMILES string of the molecule is CC(C)c1ccc(OCC(=O)NNC(=S)NC(=O)CCc2ccccc2Cl)c(Br)c1. The van der Waals surface area contributed by atoms with E-state index in [1.165, 1.54) is 0 Å². The Morgan fingerprint density at radius 2 is 1.87 bits per heavy atom. The summed E-state index contributed by atoms with van der Waals surface area (Å²) < 4.78 is 6.28. The average Bonchev–Trinajstić information content (AvgIpc) is 2.70. The van der Waals surface area contributed by atoms with Crippen molar-refractivity contribution in [3.63, 3.8) is 0 Å². The van der Waals surface area contributed by atoms with Crippen molar-refractivity contribution in [2.24, 2.45) is 0 Å². The van der Waals surface area contributed by atoms with Crippen LogP contribution in [-0.4, -0.2) is 23.5 Å². The zero-order valence-electron chi connectivity index (χ0n) is 16.6. The van der Waals surface area contributed by atoms with Gasteiger partial charge in [0.1, 0.15) is 5.75 Å². The number of amides is 2. The van der Waals surface area contributed by atoms with Crippen LogP contribution in [0.5, 0.6) is 5.75 Å². The van der Waals surface area contributed by atoms with Crippen molar-refractivity contribution in [1.29, 1.82) is 0 Å². The quantitative estimate of drug-likeness (QED) is 0.382. The van der Waals surface area contributed by atoms with Crippen molar-refractivity contribution in [1.82, 2.24) is 16.2 Å². The number of nitrogens with one attached hydrogen (secondary N) is 3. The summed E-state index contributed by atoms with van der Waals surface area (Å²) in [4.78, 5) is 23.9. The van der Waals surface area contributed by atoms with Gasteiger partial charge >= 0.3 is 0 Å². The van der Waals surface area contributed by atoms with E-state index in [0.29, 0.717) is 23.1 Å². The summed E-state index contributed by atoms with van der Waals surface area (Å²) in [6.07, 6.45) is 0.696. The minimum Gasteiger partial charge on any atom is -0.483 e. The number of hydrogen-bond acceptors (Lipinski definition) is 4. The molecular formula is C21H23BrClN3O3S. The Hall–Kier alpha value is -2.16. The molecule has 0 unspecified atom stereocenters. The second kappa shape index (κ2) is 11.9. The van der Waals surface area contributed by atoms with Crippen LogP contribution in [0, 0.1) is 0 Å². The van der Waals surface area contributed by atoms with E-state index < -0.39 is 5.91 Å². The number of carbonyl (C=O) groups is 2.